The van der Waals surface area contributed by atoms with Crippen molar-refractivity contribution in [1.29, 1.82) is 0 Å². The van der Waals surface area contributed by atoms with E-state index >= 15 is 0 Å². The molecule has 1 N–H and O–H groups in total. The fraction of sp³-hybridized carbons (Fsp3) is 0.824. The van der Waals surface area contributed by atoms with Gasteiger partial charge in [-0.2, -0.15) is 0 Å². The van der Waals surface area contributed by atoms with Gasteiger partial charge in [0, 0.05) is 6.54 Å². The second-order valence-electron chi connectivity index (χ2n) is 5.85. The quantitative estimate of drug-likeness (QED) is 0.692. The van der Waals surface area contributed by atoms with E-state index in [0.717, 1.165) is 38.8 Å². The largest absolute Gasteiger partial charge is 0.354 e. The molecule has 1 aliphatic rings. The molecule has 0 aromatic rings. The van der Waals surface area contributed by atoms with E-state index in [1.807, 2.05) is 0 Å². The van der Waals surface area contributed by atoms with E-state index in [0.29, 0.717) is 12.5 Å². The highest BCUT2D eigenvalue weighted by molar-refractivity contribution is 5.81. The normalized spacial score (nSPS) is 21.1. The van der Waals surface area contributed by atoms with Crippen LogP contribution in [0, 0.1) is 18.3 Å². The van der Waals surface area contributed by atoms with Gasteiger partial charge in [0.25, 0.3) is 0 Å². The maximum atomic E-state index is 12.4. The van der Waals surface area contributed by atoms with Crippen LogP contribution in [0.2, 0.25) is 0 Å². The molecule has 1 saturated heterocycles. The number of carbonyl (C=O) groups is 1. The third-order valence-corrected chi connectivity index (χ3v) is 4.32. The molecular formula is C17H30N2O. The SMILES string of the molecule is C#CCN1CCCCC1C(=O)NCC(CC)CCCC. The smallest absolute Gasteiger partial charge is 0.237 e. The van der Waals surface area contributed by atoms with Gasteiger partial charge in [-0.3, -0.25) is 9.69 Å². The van der Waals surface area contributed by atoms with Crippen LogP contribution in [0.1, 0.15) is 58.8 Å². The minimum atomic E-state index is -0.0107. The Bertz CT molecular complexity index is 321. The Balaban J connectivity index is 2.41. The molecule has 0 aromatic carbocycles. The molecule has 3 nitrogen and oxygen atoms in total. The van der Waals surface area contributed by atoms with Crippen molar-refractivity contribution in [3.63, 3.8) is 0 Å². The fourth-order valence-electron chi connectivity index (χ4n) is 2.90. The van der Waals surface area contributed by atoms with Gasteiger partial charge in [0.2, 0.25) is 5.91 Å². The minimum absolute atomic E-state index is 0.0107. The molecule has 2 atom stereocenters. The summed E-state index contributed by atoms with van der Waals surface area (Å²) in [5, 5.41) is 3.15. The molecule has 1 fully saturated rings. The maximum Gasteiger partial charge on any atom is 0.237 e. The summed E-state index contributed by atoms with van der Waals surface area (Å²) in [5.41, 5.74) is 0. The minimum Gasteiger partial charge on any atom is -0.354 e. The van der Waals surface area contributed by atoms with Crippen LogP contribution in [0.25, 0.3) is 0 Å². The van der Waals surface area contributed by atoms with Gasteiger partial charge in [-0.05, 0) is 31.7 Å². The van der Waals surface area contributed by atoms with Crippen LogP contribution in [0.3, 0.4) is 0 Å². The van der Waals surface area contributed by atoms with Crippen molar-refractivity contribution < 1.29 is 4.79 Å². The topological polar surface area (TPSA) is 32.3 Å². The van der Waals surface area contributed by atoms with Gasteiger partial charge in [-0.25, -0.2) is 0 Å². The van der Waals surface area contributed by atoms with Crippen molar-refractivity contribution in [3.8, 4) is 12.3 Å². The molecule has 3 heteroatoms. The number of nitrogens with one attached hydrogen (secondary N) is 1. The highest BCUT2D eigenvalue weighted by Crippen LogP contribution is 2.17. The highest BCUT2D eigenvalue weighted by atomic mass is 16.2. The fourth-order valence-corrected chi connectivity index (χ4v) is 2.90. The average Bonchev–Trinajstić information content (AvgIpc) is 2.48. The molecule has 0 bridgehead atoms. The van der Waals surface area contributed by atoms with Gasteiger partial charge in [0.1, 0.15) is 0 Å². The molecule has 1 aliphatic heterocycles. The van der Waals surface area contributed by atoms with E-state index in [-0.39, 0.29) is 11.9 Å². The van der Waals surface area contributed by atoms with Gasteiger partial charge >= 0.3 is 0 Å². The molecule has 114 valence electrons. The molecule has 0 spiro atoms. The number of piperidine rings is 1. The summed E-state index contributed by atoms with van der Waals surface area (Å²) in [4.78, 5) is 14.5. The van der Waals surface area contributed by atoms with Crippen LogP contribution >= 0.6 is 0 Å². The summed E-state index contributed by atoms with van der Waals surface area (Å²) in [6.45, 7) is 6.78. The summed E-state index contributed by atoms with van der Waals surface area (Å²) in [6.07, 6.45) is 13.5. The van der Waals surface area contributed by atoms with Gasteiger partial charge in [0.15, 0.2) is 0 Å². The lowest BCUT2D eigenvalue weighted by Crippen LogP contribution is -2.50. The Morgan fingerprint density at radius 3 is 2.90 bits per heavy atom. The Morgan fingerprint density at radius 2 is 2.25 bits per heavy atom. The van der Waals surface area contributed by atoms with Gasteiger partial charge in [-0.1, -0.05) is 45.5 Å². The standard InChI is InChI=1S/C17H30N2O/c1-4-7-10-15(6-3)14-18-17(20)16-11-8-9-13-19(16)12-5-2/h2,15-16H,4,6-14H2,1,3H3,(H,18,20). The third kappa shape index (κ3) is 5.54. The van der Waals surface area contributed by atoms with Crippen LogP contribution < -0.4 is 5.32 Å². The van der Waals surface area contributed by atoms with Crippen molar-refractivity contribution in [3.05, 3.63) is 0 Å². The van der Waals surface area contributed by atoms with E-state index < -0.39 is 0 Å². The van der Waals surface area contributed by atoms with Crippen LogP contribution in [-0.2, 0) is 4.79 Å². The van der Waals surface area contributed by atoms with Gasteiger partial charge < -0.3 is 5.32 Å². The van der Waals surface area contributed by atoms with Crippen LogP contribution in [-0.4, -0.2) is 36.5 Å². The van der Waals surface area contributed by atoms with Crippen molar-refractivity contribution in [2.24, 2.45) is 5.92 Å². The van der Waals surface area contributed by atoms with Crippen LogP contribution in [0.15, 0.2) is 0 Å². The lowest BCUT2D eigenvalue weighted by Gasteiger charge is -2.33. The number of hydrogen-bond acceptors (Lipinski definition) is 2. The summed E-state index contributed by atoms with van der Waals surface area (Å²) in [6, 6.07) is -0.0107. The maximum absolute atomic E-state index is 12.4. The lowest BCUT2D eigenvalue weighted by molar-refractivity contribution is -0.127. The molecule has 1 amide bonds. The number of unbranched alkanes of at least 4 members (excludes halogenated alkanes) is 1. The molecule has 0 saturated carbocycles. The van der Waals surface area contributed by atoms with E-state index in [9.17, 15) is 4.79 Å². The van der Waals surface area contributed by atoms with E-state index in [1.165, 1.54) is 19.3 Å². The first-order valence-corrected chi connectivity index (χ1v) is 8.18. The van der Waals surface area contributed by atoms with Crippen LogP contribution in [0.4, 0.5) is 0 Å². The number of terminal acetylenes is 1. The molecular weight excluding hydrogens is 248 g/mol. The number of rotatable bonds is 8. The Kier molecular flexibility index (Phi) is 8.37. The van der Waals surface area contributed by atoms with Crippen molar-refractivity contribution in [1.82, 2.24) is 10.2 Å². The zero-order valence-electron chi connectivity index (χ0n) is 13.2. The monoisotopic (exact) mass is 278 g/mol. The first-order chi connectivity index (χ1) is 9.72. The first kappa shape index (κ1) is 17.0. The molecule has 20 heavy (non-hydrogen) atoms. The van der Waals surface area contributed by atoms with E-state index in [2.05, 4.69) is 30.0 Å². The van der Waals surface area contributed by atoms with Crippen molar-refractivity contribution in [2.75, 3.05) is 19.6 Å². The number of nitrogens with zero attached hydrogens (tertiary/aromatic N) is 1. The van der Waals surface area contributed by atoms with Gasteiger partial charge in [-0.15, -0.1) is 6.42 Å². The van der Waals surface area contributed by atoms with Gasteiger partial charge in [0.05, 0.1) is 12.6 Å². The molecule has 2 unspecified atom stereocenters. The average molecular weight is 278 g/mol. The second kappa shape index (κ2) is 9.83. The summed E-state index contributed by atoms with van der Waals surface area (Å²) in [7, 11) is 0. The Hall–Kier alpha value is -1.01. The van der Waals surface area contributed by atoms with E-state index in [4.69, 9.17) is 6.42 Å². The molecule has 0 radical (unpaired) electrons. The summed E-state index contributed by atoms with van der Waals surface area (Å²) < 4.78 is 0. The van der Waals surface area contributed by atoms with E-state index in [1.54, 1.807) is 0 Å². The number of likely N-dealkylation sites (tertiary alicyclic amines) is 1. The number of amides is 1. The van der Waals surface area contributed by atoms with Crippen molar-refractivity contribution >= 4 is 5.91 Å². The Labute approximate surface area is 124 Å². The molecule has 1 heterocycles. The highest BCUT2D eigenvalue weighted by Gasteiger charge is 2.27. The van der Waals surface area contributed by atoms with Crippen LogP contribution in [0.5, 0.6) is 0 Å². The summed E-state index contributed by atoms with van der Waals surface area (Å²) >= 11 is 0. The number of hydrogen-bond donors (Lipinski definition) is 1. The zero-order valence-corrected chi connectivity index (χ0v) is 13.2. The van der Waals surface area contributed by atoms with Crippen molar-refractivity contribution in [2.45, 2.75) is 64.8 Å². The second-order valence-corrected chi connectivity index (χ2v) is 5.85. The molecule has 0 aliphatic carbocycles. The summed E-state index contributed by atoms with van der Waals surface area (Å²) in [5.74, 6) is 3.46. The first-order valence-electron chi connectivity index (χ1n) is 8.18. The lowest BCUT2D eigenvalue weighted by atomic mass is 9.98. The molecule has 0 aromatic heterocycles. The third-order valence-electron chi connectivity index (χ3n) is 4.32. The Morgan fingerprint density at radius 1 is 1.45 bits per heavy atom. The predicted octanol–water partition coefficient (Wildman–Crippen LogP) is 2.81. The zero-order chi connectivity index (χ0) is 14.8. The molecule has 1 rings (SSSR count). The predicted molar refractivity (Wildman–Crippen MR) is 84.4 cm³/mol. The number of carbonyl (C=O) groups excluding carboxylic acids is 1.